The maximum Gasteiger partial charge on any atom is 0.249 e. The zero-order valence-electron chi connectivity index (χ0n) is 13.7. The molecule has 0 spiro atoms. The summed E-state index contributed by atoms with van der Waals surface area (Å²) in [4.78, 5) is 19.3. The van der Waals surface area contributed by atoms with Crippen molar-refractivity contribution in [1.29, 1.82) is 0 Å². The minimum atomic E-state index is -0.477. The number of benzene rings is 1. The van der Waals surface area contributed by atoms with Crippen LogP contribution in [-0.4, -0.2) is 15.9 Å². The maximum absolute atomic E-state index is 12.0. The molecule has 1 amide bonds. The number of nitrogens with two attached hydrogens (primary N) is 2. The van der Waals surface area contributed by atoms with E-state index in [4.69, 9.17) is 11.5 Å². The number of pyridine rings is 1. The third kappa shape index (κ3) is 3.07. The Balaban J connectivity index is 2.07. The molecule has 0 fully saturated rings. The Hall–Kier alpha value is -2.92. The quantitative estimate of drug-likeness (QED) is 0.645. The van der Waals surface area contributed by atoms with Gasteiger partial charge < -0.3 is 16.5 Å². The molecule has 0 unspecified atom stereocenters. The third-order valence-corrected chi connectivity index (χ3v) is 4.00. The summed E-state index contributed by atoms with van der Waals surface area (Å²) in [6.45, 7) is 3.87. The van der Waals surface area contributed by atoms with E-state index in [-0.39, 0.29) is 0 Å². The van der Waals surface area contributed by atoms with Crippen molar-refractivity contribution in [2.24, 2.45) is 11.5 Å². The van der Waals surface area contributed by atoms with E-state index >= 15 is 0 Å². The van der Waals surface area contributed by atoms with Crippen LogP contribution in [0.5, 0.6) is 0 Å². The number of H-pyrrole nitrogens is 1. The number of carbonyl (C=O) groups is 1. The van der Waals surface area contributed by atoms with Crippen LogP contribution in [0.15, 0.2) is 48.8 Å². The van der Waals surface area contributed by atoms with Crippen LogP contribution in [0.2, 0.25) is 0 Å². The van der Waals surface area contributed by atoms with E-state index < -0.39 is 11.4 Å². The van der Waals surface area contributed by atoms with Crippen molar-refractivity contribution >= 4 is 28.6 Å². The third-order valence-electron chi connectivity index (χ3n) is 4.00. The van der Waals surface area contributed by atoms with Crippen LogP contribution in [0.1, 0.15) is 30.5 Å². The molecular weight excluding hydrogens is 300 g/mol. The Morgan fingerprint density at radius 1 is 1.17 bits per heavy atom. The molecule has 5 heteroatoms. The van der Waals surface area contributed by atoms with Crippen LogP contribution in [0.3, 0.4) is 0 Å². The molecule has 0 atom stereocenters. The van der Waals surface area contributed by atoms with Crippen LogP contribution < -0.4 is 11.5 Å². The molecule has 0 saturated heterocycles. The SMILES string of the molecule is CC(C)(N)c1ccc(/C(=C/c2ccnc3[nH]ccc23)C(N)=O)cc1. The lowest BCUT2D eigenvalue weighted by atomic mass is 9.93. The molecule has 122 valence electrons. The number of nitrogens with one attached hydrogen (secondary N) is 1. The Morgan fingerprint density at radius 3 is 2.50 bits per heavy atom. The van der Waals surface area contributed by atoms with Gasteiger partial charge in [0.25, 0.3) is 0 Å². The van der Waals surface area contributed by atoms with Gasteiger partial charge in [-0.1, -0.05) is 24.3 Å². The fraction of sp³-hybridized carbons (Fsp3) is 0.158. The molecule has 2 aromatic heterocycles. The highest BCUT2D eigenvalue weighted by atomic mass is 16.1. The number of hydrogen-bond donors (Lipinski definition) is 3. The van der Waals surface area contributed by atoms with Crippen molar-refractivity contribution in [3.05, 3.63) is 65.5 Å². The molecule has 0 aliphatic carbocycles. The summed E-state index contributed by atoms with van der Waals surface area (Å²) in [6, 6.07) is 11.4. The number of primary amides is 1. The summed E-state index contributed by atoms with van der Waals surface area (Å²) in [7, 11) is 0. The molecule has 24 heavy (non-hydrogen) atoms. The van der Waals surface area contributed by atoms with E-state index in [0.717, 1.165) is 27.7 Å². The monoisotopic (exact) mass is 320 g/mol. The fourth-order valence-electron chi connectivity index (χ4n) is 2.64. The topological polar surface area (TPSA) is 97.8 Å². The predicted octanol–water partition coefficient (Wildman–Crippen LogP) is 2.78. The van der Waals surface area contributed by atoms with Crippen molar-refractivity contribution in [2.75, 3.05) is 0 Å². The van der Waals surface area contributed by atoms with E-state index in [1.807, 2.05) is 56.4 Å². The van der Waals surface area contributed by atoms with E-state index in [9.17, 15) is 4.79 Å². The Morgan fingerprint density at radius 2 is 1.88 bits per heavy atom. The molecule has 2 heterocycles. The molecule has 0 radical (unpaired) electrons. The first kappa shape index (κ1) is 16.0. The normalized spacial score (nSPS) is 12.5. The van der Waals surface area contributed by atoms with E-state index in [1.54, 1.807) is 12.3 Å². The molecule has 0 aliphatic heterocycles. The lowest BCUT2D eigenvalue weighted by Crippen LogP contribution is -2.28. The lowest BCUT2D eigenvalue weighted by Gasteiger charge is -2.19. The van der Waals surface area contributed by atoms with Gasteiger partial charge in [0, 0.05) is 28.9 Å². The number of aromatic nitrogens is 2. The van der Waals surface area contributed by atoms with Crippen molar-refractivity contribution in [3.8, 4) is 0 Å². The number of rotatable bonds is 4. The first-order valence-electron chi connectivity index (χ1n) is 7.69. The summed E-state index contributed by atoms with van der Waals surface area (Å²) < 4.78 is 0. The second kappa shape index (κ2) is 5.94. The minimum Gasteiger partial charge on any atom is -0.366 e. The van der Waals surface area contributed by atoms with Gasteiger partial charge in [-0.2, -0.15) is 0 Å². The molecule has 5 N–H and O–H groups in total. The average Bonchev–Trinajstić information content (AvgIpc) is 3.01. The minimum absolute atomic E-state index is 0.433. The molecule has 3 aromatic rings. The molecule has 1 aromatic carbocycles. The highest BCUT2D eigenvalue weighted by molar-refractivity contribution is 6.24. The second-order valence-electron chi connectivity index (χ2n) is 6.36. The first-order valence-corrected chi connectivity index (χ1v) is 7.69. The van der Waals surface area contributed by atoms with Crippen molar-refractivity contribution in [1.82, 2.24) is 9.97 Å². The van der Waals surface area contributed by atoms with Gasteiger partial charge in [0.2, 0.25) is 5.91 Å². The van der Waals surface area contributed by atoms with Crippen LogP contribution >= 0.6 is 0 Å². The van der Waals surface area contributed by atoms with Crippen LogP contribution in [0, 0.1) is 0 Å². The lowest BCUT2D eigenvalue weighted by molar-refractivity contribution is -0.112. The Labute approximate surface area is 140 Å². The smallest absolute Gasteiger partial charge is 0.249 e. The summed E-state index contributed by atoms with van der Waals surface area (Å²) >= 11 is 0. The largest absolute Gasteiger partial charge is 0.366 e. The zero-order valence-corrected chi connectivity index (χ0v) is 13.7. The Kier molecular flexibility index (Phi) is 3.95. The highest BCUT2D eigenvalue weighted by Crippen LogP contribution is 2.25. The van der Waals surface area contributed by atoms with Gasteiger partial charge in [-0.25, -0.2) is 4.98 Å². The molecule has 5 nitrogen and oxygen atoms in total. The van der Waals surface area contributed by atoms with E-state index in [2.05, 4.69) is 9.97 Å². The van der Waals surface area contributed by atoms with Gasteiger partial charge in [0.05, 0.1) is 0 Å². The van der Waals surface area contributed by atoms with Crippen LogP contribution in [0.25, 0.3) is 22.7 Å². The Bertz CT molecular complexity index is 914. The van der Waals surface area contributed by atoms with E-state index in [1.165, 1.54) is 0 Å². The predicted molar refractivity (Wildman–Crippen MR) is 96.8 cm³/mol. The molecule has 3 rings (SSSR count). The van der Waals surface area contributed by atoms with Crippen LogP contribution in [0.4, 0.5) is 0 Å². The molecular formula is C19H20N4O. The number of nitrogens with zero attached hydrogens (tertiary/aromatic N) is 1. The summed E-state index contributed by atoms with van der Waals surface area (Å²) in [5.74, 6) is -0.477. The van der Waals surface area contributed by atoms with Crippen LogP contribution in [-0.2, 0) is 10.3 Å². The van der Waals surface area contributed by atoms with Crippen molar-refractivity contribution in [2.45, 2.75) is 19.4 Å². The molecule has 0 bridgehead atoms. The summed E-state index contributed by atoms with van der Waals surface area (Å²) in [5, 5.41) is 0.941. The molecule has 0 aliphatic rings. The number of aromatic amines is 1. The first-order chi connectivity index (χ1) is 11.4. The fourth-order valence-corrected chi connectivity index (χ4v) is 2.64. The number of carbonyl (C=O) groups excluding carboxylic acids is 1. The average molecular weight is 320 g/mol. The van der Waals surface area contributed by atoms with Gasteiger partial charge >= 0.3 is 0 Å². The maximum atomic E-state index is 12.0. The molecule has 0 saturated carbocycles. The number of amides is 1. The number of fused-ring (bicyclic) bond motifs is 1. The zero-order chi connectivity index (χ0) is 17.3. The van der Waals surface area contributed by atoms with Gasteiger partial charge in [0.1, 0.15) is 5.65 Å². The second-order valence-corrected chi connectivity index (χ2v) is 6.36. The summed E-state index contributed by atoms with van der Waals surface area (Å²) in [5.41, 5.74) is 15.1. The number of hydrogen-bond acceptors (Lipinski definition) is 3. The standard InChI is InChI=1S/C19H20N4O/c1-19(2,21)14-5-3-12(4-6-14)16(17(20)24)11-13-7-9-22-18-15(13)8-10-23-18/h3-11H,21H2,1-2H3,(H2,20,24)(H,22,23)/b16-11-. The van der Waals surface area contributed by atoms with Gasteiger partial charge in [-0.05, 0) is 48.7 Å². The van der Waals surface area contributed by atoms with Crippen molar-refractivity contribution < 1.29 is 4.79 Å². The van der Waals surface area contributed by atoms with Gasteiger partial charge in [-0.15, -0.1) is 0 Å². The van der Waals surface area contributed by atoms with Gasteiger partial charge in [0.15, 0.2) is 0 Å². The highest BCUT2D eigenvalue weighted by Gasteiger charge is 2.15. The van der Waals surface area contributed by atoms with E-state index in [0.29, 0.717) is 5.57 Å². The van der Waals surface area contributed by atoms with Crippen molar-refractivity contribution in [3.63, 3.8) is 0 Å². The summed E-state index contributed by atoms with van der Waals surface area (Å²) in [6.07, 6.45) is 5.31. The van der Waals surface area contributed by atoms with Gasteiger partial charge in [-0.3, -0.25) is 4.79 Å².